The molecule has 0 aliphatic heterocycles. The van der Waals surface area contributed by atoms with Crippen LogP contribution in [0, 0.1) is 0 Å². The second-order valence-electron chi connectivity index (χ2n) is 5.37. The predicted molar refractivity (Wildman–Crippen MR) is 93.7 cm³/mol. The molecular weight excluding hydrogens is 306 g/mol. The van der Waals surface area contributed by atoms with Gasteiger partial charge in [0, 0.05) is 11.8 Å². The van der Waals surface area contributed by atoms with E-state index in [9.17, 15) is 4.79 Å². The summed E-state index contributed by atoms with van der Waals surface area (Å²) in [5, 5.41) is 7.72. The van der Waals surface area contributed by atoms with Gasteiger partial charge in [0.15, 0.2) is 5.16 Å². The Morgan fingerprint density at radius 1 is 1.09 bits per heavy atom. The molecule has 3 rings (SSSR count). The highest BCUT2D eigenvalue weighted by atomic mass is 32.2. The van der Waals surface area contributed by atoms with Crippen molar-refractivity contribution in [2.24, 2.45) is 0 Å². The number of aromatic amines is 1. The van der Waals surface area contributed by atoms with E-state index in [0.717, 1.165) is 11.6 Å². The van der Waals surface area contributed by atoms with E-state index < -0.39 is 0 Å². The van der Waals surface area contributed by atoms with Crippen molar-refractivity contribution in [3.8, 4) is 0 Å². The van der Waals surface area contributed by atoms with Crippen molar-refractivity contribution in [1.82, 2.24) is 14.8 Å². The predicted octanol–water partition coefficient (Wildman–Crippen LogP) is 3.67. The van der Waals surface area contributed by atoms with Gasteiger partial charge in [0.05, 0.1) is 0 Å². The van der Waals surface area contributed by atoms with E-state index in [-0.39, 0.29) is 10.9 Å². The third-order valence-corrected chi connectivity index (χ3v) is 4.89. The van der Waals surface area contributed by atoms with Gasteiger partial charge in [0.25, 0.3) is 0 Å². The lowest BCUT2D eigenvalue weighted by atomic mass is 10.1. The lowest BCUT2D eigenvalue weighted by Gasteiger charge is -2.11. The second-order valence-corrected chi connectivity index (χ2v) is 6.68. The topological polar surface area (TPSA) is 50.7 Å². The van der Waals surface area contributed by atoms with Gasteiger partial charge in [-0.05, 0) is 24.5 Å². The minimum Gasteiger partial charge on any atom is -0.270 e. The molecule has 0 fully saturated rings. The van der Waals surface area contributed by atoms with Gasteiger partial charge in [-0.1, -0.05) is 72.4 Å². The summed E-state index contributed by atoms with van der Waals surface area (Å²) >= 11 is 1.60. The number of hydrogen-bond acceptors (Lipinski definition) is 3. The van der Waals surface area contributed by atoms with Crippen LogP contribution in [0.25, 0.3) is 0 Å². The average Bonchev–Trinajstić information content (AvgIpc) is 2.94. The van der Waals surface area contributed by atoms with Crippen LogP contribution in [-0.2, 0) is 13.0 Å². The number of aromatic nitrogens is 3. The molecule has 0 amide bonds. The Hall–Kier alpha value is -2.27. The summed E-state index contributed by atoms with van der Waals surface area (Å²) in [6.45, 7) is 2.75. The van der Waals surface area contributed by atoms with E-state index in [1.807, 2.05) is 36.4 Å². The van der Waals surface area contributed by atoms with E-state index >= 15 is 0 Å². The molecule has 1 N–H and O–H groups in total. The molecular formula is C18H19N3OS. The van der Waals surface area contributed by atoms with Crippen LogP contribution in [0.1, 0.15) is 23.3 Å². The van der Waals surface area contributed by atoms with Crippen LogP contribution >= 0.6 is 11.8 Å². The van der Waals surface area contributed by atoms with E-state index in [1.165, 1.54) is 11.1 Å². The lowest BCUT2D eigenvalue weighted by molar-refractivity contribution is 0.615. The van der Waals surface area contributed by atoms with Crippen LogP contribution in [0.3, 0.4) is 0 Å². The summed E-state index contributed by atoms with van der Waals surface area (Å²) in [5.41, 5.74) is 2.29. The molecule has 23 heavy (non-hydrogen) atoms. The zero-order valence-corrected chi connectivity index (χ0v) is 13.8. The number of aryl methyl sites for hydroxylation is 1. The Kier molecular flexibility index (Phi) is 4.98. The highest BCUT2D eigenvalue weighted by Gasteiger charge is 2.14. The normalized spacial score (nSPS) is 12.2. The first kappa shape index (κ1) is 15.6. The summed E-state index contributed by atoms with van der Waals surface area (Å²) in [4.78, 5) is 12.0. The van der Waals surface area contributed by atoms with Crippen LogP contribution in [0.5, 0.6) is 0 Å². The molecule has 0 saturated carbocycles. The molecule has 0 saturated heterocycles. The van der Waals surface area contributed by atoms with Gasteiger partial charge >= 0.3 is 5.69 Å². The Morgan fingerprint density at radius 3 is 2.43 bits per heavy atom. The van der Waals surface area contributed by atoms with Crippen molar-refractivity contribution in [3.05, 3.63) is 82.3 Å². The zero-order chi connectivity index (χ0) is 16.1. The first-order valence-corrected chi connectivity index (χ1v) is 8.53. The quantitative estimate of drug-likeness (QED) is 0.704. The number of nitrogens with zero attached hydrogens (tertiary/aromatic N) is 2. The van der Waals surface area contributed by atoms with Gasteiger partial charge in [-0.15, -0.1) is 5.10 Å². The molecule has 0 aliphatic carbocycles. The zero-order valence-electron chi connectivity index (χ0n) is 13.0. The fraction of sp³-hybridized carbons (Fsp3) is 0.222. The van der Waals surface area contributed by atoms with Gasteiger partial charge in [0.1, 0.15) is 0 Å². The van der Waals surface area contributed by atoms with Gasteiger partial charge in [-0.2, -0.15) is 0 Å². The minimum atomic E-state index is -0.149. The fourth-order valence-corrected chi connectivity index (χ4v) is 3.44. The average molecular weight is 325 g/mol. The second kappa shape index (κ2) is 7.33. The Morgan fingerprint density at radius 2 is 1.74 bits per heavy atom. The standard InChI is InChI=1S/C18H19N3OS/c1-14(16-10-6-3-7-11-16)23-18-20-19-17(22)21(18)13-12-15-8-4-2-5-9-15/h2-11,14H,12-13H2,1H3,(H,19,22)/t14-/m1/s1. The maximum atomic E-state index is 12.0. The first-order valence-electron chi connectivity index (χ1n) is 7.65. The summed E-state index contributed by atoms with van der Waals surface area (Å²) in [5.74, 6) is 0. The molecule has 0 spiro atoms. The van der Waals surface area contributed by atoms with Gasteiger partial charge in [-0.3, -0.25) is 4.57 Å². The third-order valence-electron chi connectivity index (χ3n) is 3.74. The molecule has 3 aromatic rings. The van der Waals surface area contributed by atoms with Crippen molar-refractivity contribution >= 4 is 11.8 Å². The Balaban J connectivity index is 1.72. The van der Waals surface area contributed by atoms with E-state index in [0.29, 0.717) is 6.54 Å². The number of nitrogens with one attached hydrogen (secondary N) is 1. The molecule has 1 heterocycles. The summed E-state index contributed by atoms with van der Waals surface area (Å²) in [7, 11) is 0. The van der Waals surface area contributed by atoms with Crippen LogP contribution in [0.4, 0.5) is 0 Å². The lowest BCUT2D eigenvalue weighted by Crippen LogP contribution is -2.19. The Bertz CT molecular complexity index is 796. The van der Waals surface area contributed by atoms with Gasteiger partial charge < -0.3 is 0 Å². The van der Waals surface area contributed by atoms with Gasteiger partial charge in [-0.25, -0.2) is 9.89 Å². The van der Waals surface area contributed by atoms with Crippen molar-refractivity contribution < 1.29 is 0 Å². The summed E-state index contributed by atoms with van der Waals surface area (Å²) in [6, 6.07) is 20.4. The number of rotatable bonds is 6. The van der Waals surface area contributed by atoms with E-state index in [4.69, 9.17) is 0 Å². The van der Waals surface area contributed by atoms with Crippen LogP contribution in [0.2, 0.25) is 0 Å². The largest absolute Gasteiger partial charge is 0.343 e. The Labute approximate surface area is 139 Å². The molecule has 118 valence electrons. The van der Waals surface area contributed by atoms with E-state index in [1.54, 1.807) is 16.3 Å². The first-order chi connectivity index (χ1) is 11.2. The van der Waals surface area contributed by atoms with Crippen molar-refractivity contribution in [2.45, 2.75) is 30.3 Å². The minimum absolute atomic E-state index is 0.149. The molecule has 5 heteroatoms. The van der Waals surface area contributed by atoms with Crippen LogP contribution < -0.4 is 5.69 Å². The molecule has 4 nitrogen and oxygen atoms in total. The fourth-order valence-electron chi connectivity index (χ4n) is 2.43. The highest BCUT2D eigenvalue weighted by molar-refractivity contribution is 7.99. The molecule has 0 radical (unpaired) electrons. The number of benzene rings is 2. The molecule has 0 bridgehead atoms. The highest BCUT2D eigenvalue weighted by Crippen LogP contribution is 2.32. The molecule has 0 unspecified atom stereocenters. The molecule has 1 aromatic heterocycles. The summed E-state index contributed by atoms with van der Waals surface area (Å²) in [6.07, 6.45) is 0.813. The van der Waals surface area contributed by atoms with E-state index in [2.05, 4.69) is 41.4 Å². The number of H-pyrrole nitrogens is 1. The SMILES string of the molecule is C[C@@H](Sc1n[nH]c(=O)n1CCc1ccccc1)c1ccccc1. The van der Waals surface area contributed by atoms with Crippen LogP contribution in [-0.4, -0.2) is 14.8 Å². The van der Waals surface area contributed by atoms with Crippen molar-refractivity contribution in [1.29, 1.82) is 0 Å². The van der Waals surface area contributed by atoms with Crippen molar-refractivity contribution in [2.75, 3.05) is 0 Å². The summed E-state index contributed by atoms with van der Waals surface area (Å²) < 4.78 is 1.72. The van der Waals surface area contributed by atoms with Gasteiger partial charge in [0.2, 0.25) is 0 Å². The number of thioether (sulfide) groups is 1. The monoisotopic (exact) mass is 325 g/mol. The third kappa shape index (κ3) is 3.93. The maximum absolute atomic E-state index is 12.0. The molecule has 1 atom stereocenters. The maximum Gasteiger partial charge on any atom is 0.343 e. The smallest absolute Gasteiger partial charge is 0.270 e. The van der Waals surface area contributed by atoms with Crippen molar-refractivity contribution in [3.63, 3.8) is 0 Å². The number of hydrogen-bond donors (Lipinski definition) is 1. The molecule has 0 aliphatic rings. The molecule has 2 aromatic carbocycles. The van der Waals surface area contributed by atoms with Crippen LogP contribution in [0.15, 0.2) is 70.6 Å².